The number of ketones is 2. The summed E-state index contributed by atoms with van der Waals surface area (Å²) in [5.74, 6) is -0.419. The van der Waals surface area contributed by atoms with Crippen molar-refractivity contribution in [3.8, 4) is 12.1 Å². The van der Waals surface area contributed by atoms with Crippen LogP contribution < -0.4 is 11.5 Å². The van der Waals surface area contributed by atoms with Gasteiger partial charge in [-0.3, -0.25) is 9.59 Å². The van der Waals surface area contributed by atoms with Crippen LogP contribution in [0.3, 0.4) is 0 Å². The van der Waals surface area contributed by atoms with Gasteiger partial charge in [-0.2, -0.15) is 10.5 Å². The maximum absolute atomic E-state index is 13.3. The number of nitrogens with zero attached hydrogens (tertiary/aromatic N) is 2. The SMILES string of the molecule is CC1(C)CC(=O)C2=C(C1)OC(N)=C(C#N)[C@H]2c1ccc([C@@H]2C(C#N)=C(N)OC3=C2C(=O)CC(C)(C)C3)cc1. The molecule has 0 spiro atoms. The smallest absolute Gasteiger partial charge is 0.205 e. The van der Waals surface area contributed by atoms with Gasteiger partial charge in [-0.25, -0.2) is 0 Å². The molecule has 1 aromatic carbocycles. The van der Waals surface area contributed by atoms with E-state index in [0.717, 1.165) is 0 Å². The molecule has 5 rings (SSSR count). The normalized spacial score (nSPS) is 26.2. The Labute approximate surface area is 221 Å². The van der Waals surface area contributed by atoms with Crippen LogP contribution in [0.5, 0.6) is 0 Å². The molecule has 2 heterocycles. The van der Waals surface area contributed by atoms with Crippen LogP contribution in [-0.2, 0) is 19.1 Å². The Bertz CT molecular complexity index is 1380. The third kappa shape index (κ3) is 4.07. The summed E-state index contributed by atoms with van der Waals surface area (Å²) >= 11 is 0. The van der Waals surface area contributed by atoms with E-state index in [-0.39, 0.29) is 45.3 Å². The van der Waals surface area contributed by atoms with Gasteiger partial charge in [-0.05, 0) is 22.0 Å². The van der Waals surface area contributed by atoms with Gasteiger partial charge in [0.15, 0.2) is 11.6 Å². The molecule has 0 fully saturated rings. The van der Waals surface area contributed by atoms with Crippen molar-refractivity contribution in [2.45, 2.75) is 65.2 Å². The second-order valence-corrected chi connectivity index (χ2v) is 12.1. The highest BCUT2D eigenvalue weighted by molar-refractivity contribution is 6.00. The molecule has 0 aromatic heterocycles. The van der Waals surface area contributed by atoms with Crippen LogP contribution in [0, 0.1) is 33.5 Å². The molecule has 194 valence electrons. The lowest BCUT2D eigenvalue weighted by Gasteiger charge is -2.38. The Morgan fingerprint density at radius 3 is 1.37 bits per heavy atom. The number of allylic oxidation sites excluding steroid dienone is 6. The number of hydrogen-bond donors (Lipinski definition) is 2. The molecular formula is C30H30N4O4. The van der Waals surface area contributed by atoms with Crippen LogP contribution >= 0.6 is 0 Å². The number of hydrogen-bond acceptors (Lipinski definition) is 8. The van der Waals surface area contributed by atoms with Gasteiger partial charge in [0.1, 0.15) is 34.8 Å². The highest BCUT2D eigenvalue weighted by Crippen LogP contribution is 2.50. The van der Waals surface area contributed by atoms with Crippen molar-refractivity contribution in [1.82, 2.24) is 0 Å². The molecule has 0 radical (unpaired) electrons. The molecule has 0 bridgehead atoms. The quantitative estimate of drug-likeness (QED) is 0.586. The maximum atomic E-state index is 13.3. The minimum absolute atomic E-state index is 0.00273. The number of nitrogens with two attached hydrogens (primary N) is 2. The zero-order chi connectivity index (χ0) is 27.6. The Kier molecular flexibility index (Phi) is 5.76. The second kappa shape index (κ2) is 8.63. The molecule has 38 heavy (non-hydrogen) atoms. The molecule has 1 aromatic rings. The molecule has 2 atom stereocenters. The van der Waals surface area contributed by atoms with E-state index in [9.17, 15) is 20.1 Å². The number of benzene rings is 1. The first-order valence-electron chi connectivity index (χ1n) is 12.6. The monoisotopic (exact) mass is 510 g/mol. The summed E-state index contributed by atoms with van der Waals surface area (Å²) in [4.78, 5) is 26.5. The maximum Gasteiger partial charge on any atom is 0.205 e. The largest absolute Gasteiger partial charge is 0.444 e. The zero-order valence-electron chi connectivity index (χ0n) is 22.0. The summed E-state index contributed by atoms with van der Waals surface area (Å²) in [6.45, 7) is 7.99. The third-order valence-electron chi connectivity index (χ3n) is 7.75. The molecule has 4 aliphatic rings. The number of carbonyl (C=O) groups is 2. The van der Waals surface area contributed by atoms with Crippen LogP contribution in [0.1, 0.15) is 76.3 Å². The lowest BCUT2D eigenvalue weighted by molar-refractivity contribution is -0.119. The van der Waals surface area contributed by atoms with Crippen molar-refractivity contribution in [2.75, 3.05) is 0 Å². The molecule has 8 heteroatoms. The molecule has 2 aliphatic heterocycles. The number of Topliss-reactive ketones (excluding diaryl/α,β-unsaturated/α-hetero) is 2. The highest BCUT2D eigenvalue weighted by atomic mass is 16.5. The van der Waals surface area contributed by atoms with Crippen LogP contribution in [-0.4, -0.2) is 11.6 Å². The minimum Gasteiger partial charge on any atom is -0.444 e. The van der Waals surface area contributed by atoms with Crippen molar-refractivity contribution in [1.29, 1.82) is 10.5 Å². The van der Waals surface area contributed by atoms with Crippen molar-refractivity contribution in [2.24, 2.45) is 22.3 Å². The fourth-order valence-corrected chi connectivity index (χ4v) is 6.12. The fraction of sp³-hybridized carbons (Fsp3) is 0.400. The third-order valence-corrected chi connectivity index (χ3v) is 7.75. The first-order valence-corrected chi connectivity index (χ1v) is 12.6. The van der Waals surface area contributed by atoms with E-state index < -0.39 is 11.8 Å². The lowest BCUT2D eigenvalue weighted by atomic mass is 9.69. The second-order valence-electron chi connectivity index (χ2n) is 12.1. The van der Waals surface area contributed by atoms with E-state index in [2.05, 4.69) is 12.1 Å². The lowest BCUT2D eigenvalue weighted by Crippen LogP contribution is -2.34. The number of carbonyl (C=O) groups excluding carboxylic acids is 2. The number of nitriles is 2. The van der Waals surface area contributed by atoms with Gasteiger partial charge in [-0.15, -0.1) is 0 Å². The molecule has 0 amide bonds. The van der Waals surface area contributed by atoms with E-state index in [1.807, 2.05) is 52.0 Å². The van der Waals surface area contributed by atoms with Gasteiger partial charge in [0.25, 0.3) is 0 Å². The summed E-state index contributed by atoms with van der Waals surface area (Å²) in [6.07, 6.45) is 1.76. The van der Waals surface area contributed by atoms with E-state index >= 15 is 0 Å². The van der Waals surface area contributed by atoms with Gasteiger partial charge in [0, 0.05) is 36.8 Å². The molecule has 8 nitrogen and oxygen atoms in total. The topological polar surface area (TPSA) is 152 Å². The molecular weight excluding hydrogens is 480 g/mol. The standard InChI is InChI=1S/C30H30N4O4/c1-29(2)9-19(35)25-21(11-29)37-27(33)17(13-31)23(25)15-5-7-16(8-6-15)24-18(14-32)28(34)38-22-12-30(3,4)10-20(36)26(22)24/h5-8,23-24H,9-12,33-34H2,1-4H3/t23-,24-/m1/s1. The summed E-state index contributed by atoms with van der Waals surface area (Å²) in [5.41, 5.74) is 14.4. The van der Waals surface area contributed by atoms with E-state index in [1.165, 1.54) is 0 Å². The molecule has 4 N–H and O–H groups in total. The number of rotatable bonds is 2. The Morgan fingerprint density at radius 2 is 1.05 bits per heavy atom. The summed E-state index contributed by atoms with van der Waals surface area (Å²) in [5, 5.41) is 19.8. The van der Waals surface area contributed by atoms with Crippen LogP contribution in [0.2, 0.25) is 0 Å². The predicted octanol–water partition coefficient (Wildman–Crippen LogP) is 4.59. The average Bonchev–Trinajstić information content (AvgIpc) is 2.81. The van der Waals surface area contributed by atoms with Crippen molar-refractivity contribution in [3.63, 3.8) is 0 Å². The predicted molar refractivity (Wildman–Crippen MR) is 138 cm³/mol. The molecule has 0 saturated carbocycles. The first kappa shape index (κ1) is 25.4. The van der Waals surface area contributed by atoms with Crippen molar-refractivity contribution < 1.29 is 19.1 Å². The Morgan fingerprint density at radius 1 is 0.711 bits per heavy atom. The van der Waals surface area contributed by atoms with Gasteiger partial charge in [0.2, 0.25) is 11.8 Å². The zero-order valence-corrected chi connectivity index (χ0v) is 22.0. The van der Waals surface area contributed by atoms with Gasteiger partial charge >= 0.3 is 0 Å². The van der Waals surface area contributed by atoms with Crippen LogP contribution in [0.25, 0.3) is 0 Å². The molecule has 2 aliphatic carbocycles. The number of ether oxygens (including phenoxy) is 2. The Balaban J connectivity index is 1.59. The fourth-order valence-electron chi connectivity index (χ4n) is 6.12. The van der Waals surface area contributed by atoms with Crippen molar-refractivity contribution >= 4 is 11.6 Å². The minimum atomic E-state index is -0.654. The van der Waals surface area contributed by atoms with Crippen molar-refractivity contribution in [3.05, 3.63) is 81.0 Å². The van der Waals surface area contributed by atoms with Crippen LogP contribution in [0.15, 0.2) is 69.8 Å². The van der Waals surface area contributed by atoms with Gasteiger partial charge in [-0.1, -0.05) is 52.0 Å². The summed E-state index contributed by atoms with van der Waals surface area (Å²) in [7, 11) is 0. The van der Waals surface area contributed by atoms with Crippen LogP contribution in [0.4, 0.5) is 0 Å². The summed E-state index contributed by atoms with van der Waals surface area (Å²) in [6, 6.07) is 11.5. The molecule has 0 unspecified atom stereocenters. The first-order chi connectivity index (χ1) is 17.9. The Hall–Kier alpha value is -4.30. The molecule has 0 saturated heterocycles. The van der Waals surface area contributed by atoms with E-state index in [0.29, 0.717) is 59.5 Å². The van der Waals surface area contributed by atoms with E-state index in [1.54, 1.807) is 0 Å². The van der Waals surface area contributed by atoms with Gasteiger partial charge < -0.3 is 20.9 Å². The average molecular weight is 511 g/mol. The van der Waals surface area contributed by atoms with E-state index in [4.69, 9.17) is 20.9 Å². The van der Waals surface area contributed by atoms with Gasteiger partial charge in [0.05, 0.1) is 11.8 Å². The highest BCUT2D eigenvalue weighted by Gasteiger charge is 2.45. The summed E-state index contributed by atoms with van der Waals surface area (Å²) < 4.78 is 11.6.